The summed E-state index contributed by atoms with van der Waals surface area (Å²) in [5.74, 6) is -0.0392. The fraction of sp³-hybridized carbons (Fsp3) is 0.429. The predicted molar refractivity (Wildman–Crippen MR) is 64.7 cm³/mol. The van der Waals surface area contributed by atoms with Gasteiger partial charge in [0.05, 0.1) is 0 Å². The molecule has 1 aliphatic rings. The number of hydrogen-bond donors (Lipinski definition) is 1. The van der Waals surface area contributed by atoms with E-state index < -0.39 is 17.5 Å². The van der Waals surface area contributed by atoms with Gasteiger partial charge in [-0.15, -0.1) is 0 Å². The van der Waals surface area contributed by atoms with Crippen LogP contribution in [0.4, 0.5) is 4.39 Å². The minimum atomic E-state index is -0.844. The number of benzene rings is 1. The Labute approximate surface area is 104 Å². The van der Waals surface area contributed by atoms with Gasteiger partial charge in [-0.3, -0.25) is 0 Å². The summed E-state index contributed by atoms with van der Waals surface area (Å²) < 4.78 is 24.4. The molecule has 0 amide bonds. The van der Waals surface area contributed by atoms with Crippen molar-refractivity contribution < 1.29 is 18.7 Å². The molecule has 0 bridgehead atoms. The number of halogens is 1. The van der Waals surface area contributed by atoms with E-state index in [1.807, 2.05) is 0 Å². The van der Waals surface area contributed by atoms with Crippen molar-refractivity contribution >= 4 is 11.0 Å². The van der Waals surface area contributed by atoms with Gasteiger partial charge < -0.3 is 14.3 Å². The highest BCUT2D eigenvalue weighted by molar-refractivity contribution is 5.78. The summed E-state index contributed by atoms with van der Waals surface area (Å²) in [4.78, 5) is 0. The van der Waals surface area contributed by atoms with E-state index in [9.17, 15) is 9.50 Å². The van der Waals surface area contributed by atoms with Gasteiger partial charge in [0, 0.05) is 12.5 Å². The number of aliphatic hydroxyl groups is 1. The van der Waals surface area contributed by atoms with Gasteiger partial charge in [-0.05, 0) is 31.4 Å². The lowest BCUT2D eigenvalue weighted by molar-refractivity contribution is -0.157. The molecule has 1 fully saturated rings. The zero-order valence-corrected chi connectivity index (χ0v) is 10.1. The van der Waals surface area contributed by atoms with Crippen LogP contribution in [0.5, 0.6) is 0 Å². The Morgan fingerprint density at radius 1 is 1.44 bits per heavy atom. The maximum Gasteiger partial charge on any atom is 0.170 e. The largest absolute Gasteiger partial charge is 0.455 e. The molecule has 1 aliphatic carbocycles. The third-order valence-corrected chi connectivity index (χ3v) is 3.89. The fourth-order valence-electron chi connectivity index (χ4n) is 2.56. The smallest absolute Gasteiger partial charge is 0.170 e. The van der Waals surface area contributed by atoms with Gasteiger partial charge in [-0.1, -0.05) is 12.1 Å². The molecule has 0 radical (unpaired) electrons. The molecule has 96 valence electrons. The third-order valence-electron chi connectivity index (χ3n) is 3.89. The van der Waals surface area contributed by atoms with Crippen molar-refractivity contribution in [1.29, 1.82) is 0 Å². The standard InChI is InChI=1S/C14H15FO3/c1-17-14(6-3-7-14)13(16)11-8-9-4-2-5-10(15)12(9)18-11/h2,4-5,8,13,16H,3,6-7H2,1H3. The fourth-order valence-corrected chi connectivity index (χ4v) is 2.56. The summed E-state index contributed by atoms with van der Waals surface area (Å²) in [7, 11) is 1.59. The van der Waals surface area contributed by atoms with E-state index >= 15 is 0 Å². The van der Waals surface area contributed by atoms with Crippen LogP contribution in [0.3, 0.4) is 0 Å². The second-order valence-corrected chi connectivity index (χ2v) is 4.83. The van der Waals surface area contributed by atoms with Crippen molar-refractivity contribution in [2.75, 3.05) is 7.11 Å². The van der Waals surface area contributed by atoms with Crippen molar-refractivity contribution in [2.24, 2.45) is 0 Å². The molecule has 1 saturated carbocycles. The van der Waals surface area contributed by atoms with Gasteiger partial charge >= 0.3 is 0 Å². The van der Waals surface area contributed by atoms with Crippen LogP contribution in [0, 0.1) is 5.82 Å². The predicted octanol–water partition coefficient (Wildman–Crippen LogP) is 3.17. The van der Waals surface area contributed by atoms with Gasteiger partial charge in [-0.25, -0.2) is 4.39 Å². The van der Waals surface area contributed by atoms with E-state index in [1.54, 1.807) is 25.3 Å². The molecule has 3 rings (SSSR count). The molecule has 1 aromatic heterocycles. The molecule has 1 N–H and O–H groups in total. The summed E-state index contributed by atoms with van der Waals surface area (Å²) in [5, 5.41) is 11.0. The van der Waals surface area contributed by atoms with Gasteiger partial charge in [0.25, 0.3) is 0 Å². The normalized spacial score (nSPS) is 19.7. The highest BCUT2D eigenvalue weighted by Crippen LogP contribution is 2.45. The first-order valence-corrected chi connectivity index (χ1v) is 6.07. The van der Waals surface area contributed by atoms with Crippen LogP contribution in [-0.2, 0) is 4.74 Å². The summed E-state index contributed by atoms with van der Waals surface area (Å²) in [5.41, 5.74) is -0.373. The highest BCUT2D eigenvalue weighted by Gasteiger charge is 2.46. The summed E-state index contributed by atoms with van der Waals surface area (Å²) in [6.45, 7) is 0. The SMILES string of the molecule is COC1(C(O)c2cc3cccc(F)c3o2)CCC1. The molecule has 1 atom stereocenters. The van der Waals surface area contributed by atoms with Gasteiger partial charge in [0.15, 0.2) is 11.4 Å². The molecule has 4 heteroatoms. The quantitative estimate of drug-likeness (QED) is 0.909. The number of aliphatic hydroxyl groups excluding tert-OH is 1. The first kappa shape index (κ1) is 11.7. The zero-order chi connectivity index (χ0) is 12.8. The summed E-state index contributed by atoms with van der Waals surface area (Å²) in [6.07, 6.45) is 1.77. The zero-order valence-electron chi connectivity index (χ0n) is 10.1. The molecule has 1 heterocycles. The Balaban J connectivity index is 2.01. The van der Waals surface area contributed by atoms with Crippen LogP contribution in [0.2, 0.25) is 0 Å². The van der Waals surface area contributed by atoms with E-state index in [-0.39, 0.29) is 5.58 Å². The Morgan fingerprint density at radius 3 is 2.78 bits per heavy atom. The molecular formula is C14H15FO3. The van der Waals surface area contributed by atoms with Crippen molar-refractivity contribution in [2.45, 2.75) is 31.0 Å². The Hall–Kier alpha value is -1.39. The number of fused-ring (bicyclic) bond motifs is 1. The van der Waals surface area contributed by atoms with Crippen molar-refractivity contribution in [3.63, 3.8) is 0 Å². The maximum absolute atomic E-state index is 13.5. The number of ether oxygens (including phenoxy) is 1. The highest BCUT2D eigenvalue weighted by atomic mass is 19.1. The second kappa shape index (κ2) is 4.07. The van der Waals surface area contributed by atoms with Crippen LogP contribution < -0.4 is 0 Å². The van der Waals surface area contributed by atoms with E-state index in [4.69, 9.17) is 9.15 Å². The average molecular weight is 250 g/mol. The van der Waals surface area contributed by atoms with Gasteiger partial charge in [-0.2, -0.15) is 0 Å². The molecule has 1 unspecified atom stereocenters. The van der Waals surface area contributed by atoms with Crippen molar-refractivity contribution in [1.82, 2.24) is 0 Å². The average Bonchev–Trinajstić information content (AvgIpc) is 2.73. The number of furan rings is 1. The van der Waals surface area contributed by atoms with Crippen molar-refractivity contribution in [3.05, 3.63) is 35.8 Å². The monoisotopic (exact) mass is 250 g/mol. The number of rotatable bonds is 3. The van der Waals surface area contributed by atoms with Crippen LogP contribution in [0.15, 0.2) is 28.7 Å². The van der Waals surface area contributed by atoms with E-state index in [0.717, 1.165) is 19.3 Å². The molecule has 1 aromatic carbocycles. The summed E-state index contributed by atoms with van der Waals surface area (Å²) in [6, 6.07) is 6.41. The molecule has 18 heavy (non-hydrogen) atoms. The number of para-hydroxylation sites is 1. The lowest BCUT2D eigenvalue weighted by Gasteiger charge is -2.43. The van der Waals surface area contributed by atoms with Gasteiger partial charge in [0.1, 0.15) is 17.5 Å². The molecule has 3 nitrogen and oxygen atoms in total. The van der Waals surface area contributed by atoms with E-state index in [1.165, 1.54) is 6.07 Å². The molecule has 0 aliphatic heterocycles. The first-order valence-electron chi connectivity index (χ1n) is 6.07. The maximum atomic E-state index is 13.5. The minimum Gasteiger partial charge on any atom is -0.455 e. The van der Waals surface area contributed by atoms with E-state index in [2.05, 4.69) is 0 Å². The molecular weight excluding hydrogens is 235 g/mol. The van der Waals surface area contributed by atoms with Crippen molar-refractivity contribution in [3.8, 4) is 0 Å². The van der Waals surface area contributed by atoms with E-state index in [0.29, 0.717) is 11.1 Å². The third kappa shape index (κ3) is 1.56. The molecule has 0 spiro atoms. The second-order valence-electron chi connectivity index (χ2n) is 4.83. The lowest BCUT2D eigenvalue weighted by Crippen LogP contribution is -2.44. The number of hydrogen-bond acceptors (Lipinski definition) is 3. The Bertz CT molecular complexity index is 566. The Kier molecular flexibility index (Phi) is 2.64. The molecule has 0 saturated heterocycles. The van der Waals surface area contributed by atoms with Crippen LogP contribution in [-0.4, -0.2) is 17.8 Å². The molecule has 2 aromatic rings. The van der Waals surface area contributed by atoms with Gasteiger partial charge in [0.2, 0.25) is 0 Å². The Morgan fingerprint density at radius 2 is 2.22 bits per heavy atom. The van der Waals surface area contributed by atoms with Crippen LogP contribution in [0.25, 0.3) is 11.0 Å². The number of methoxy groups -OCH3 is 1. The topological polar surface area (TPSA) is 42.6 Å². The van der Waals surface area contributed by atoms with Crippen LogP contribution >= 0.6 is 0 Å². The lowest BCUT2D eigenvalue weighted by atomic mass is 9.75. The minimum absolute atomic E-state index is 0.192. The first-order chi connectivity index (χ1) is 8.66. The van der Waals surface area contributed by atoms with Crippen LogP contribution in [0.1, 0.15) is 31.1 Å². The summed E-state index contributed by atoms with van der Waals surface area (Å²) >= 11 is 0.